The molecule has 6 rings (SSSR count). The average molecular weight is 527 g/mol. The Morgan fingerprint density at radius 2 is 1.97 bits per heavy atom. The molecule has 0 bridgehead atoms. The van der Waals surface area contributed by atoms with Gasteiger partial charge in [0.1, 0.15) is 5.76 Å². The van der Waals surface area contributed by atoms with Gasteiger partial charge in [0.2, 0.25) is 11.7 Å². The number of carbonyl (C=O) groups excluding carboxylic acids is 2. The van der Waals surface area contributed by atoms with Gasteiger partial charge < -0.3 is 15.1 Å². The van der Waals surface area contributed by atoms with Gasteiger partial charge in [0, 0.05) is 44.9 Å². The molecule has 0 aromatic carbocycles. The van der Waals surface area contributed by atoms with Crippen LogP contribution in [-0.2, 0) is 24.8 Å². The SMILES string of the molecule is Cc1nc2c(o1)CN(CC(=O)Nc1cnc(C)c(NC(=O)c3nnc4cc(-c5cnn(C)c5)ccn34)c1)CC2. The number of hydrogen-bond acceptors (Lipinski definition) is 9. The molecule has 13 nitrogen and oxygen atoms in total. The number of nitrogens with zero attached hydrogens (tertiary/aromatic N) is 8. The maximum absolute atomic E-state index is 13.1. The lowest BCUT2D eigenvalue weighted by Crippen LogP contribution is -2.36. The van der Waals surface area contributed by atoms with Crippen LogP contribution >= 0.6 is 0 Å². The number of anilines is 2. The minimum absolute atomic E-state index is 0.128. The number of carbonyl (C=O) groups is 2. The van der Waals surface area contributed by atoms with Gasteiger partial charge in [-0.2, -0.15) is 5.10 Å². The molecule has 1 aliphatic heterocycles. The predicted molar refractivity (Wildman–Crippen MR) is 141 cm³/mol. The minimum Gasteiger partial charge on any atom is -0.444 e. The van der Waals surface area contributed by atoms with Crippen LogP contribution in [0.3, 0.4) is 0 Å². The Kier molecular flexibility index (Phi) is 6.11. The van der Waals surface area contributed by atoms with E-state index >= 15 is 0 Å². The van der Waals surface area contributed by atoms with E-state index in [0.29, 0.717) is 35.2 Å². The Labute approximate surface area is 222 Å². The van der Waals surface area contributed by atoms with Crippen molar-refractivity contribution in [2.24, 2.45) is 7.05 Å². The van der Waals surface area contributed by atoms with Crippen LogP contribution < -0.4 is 10.6 Å². The molecule has 0 saturated carbocycles. The fraction of sp³-hybridized carbons (Fsp3) is 0.269. The van der Waals surface area contributed by atoms with E-state index < -0.39 is 5.91 Å². The second-order valence-electron chi connectivity index (χ2n) is 9.49. The zero-order valence-electron chi connectivity index (χ0n) is 21.7. The fourth-order valence-electron chi connectivity index (χ4n) is 4.62. The zero-order valence-corrected chi connectivity index (χ0v) is 21.7. The van der Waals surface area contributed by atoms with Crippen molar-refractivity contribution in [3.8, 4) is 11.1 Å². The van der Waals surface area contributed by atoms with Crippen LogP contribution in [0.4, 0.5) is 11.4 Å². The fourth-order valence-corrected chi connectivity index (χ4v) is 4.62. The van der Waals surface area contributed by atoms with Crippen molar-refractivity contribution in [3.05, 3.63) is 71.8 Å². The second-order valence-corrected chi connectivity index (χ2v) is 9.49. The number of amides is 2. The van der Waals surface area contributed by atoms with Crippen molar-refractivity contribution in [2.45, 2.75) is 26.8 Å². The van der Waals surface area contributed by atoms with Gasteiger partial charge in [0.25, 0.3) is 5.91 Å². The Morgan fingerprint density at radius 1 is 1.10 bits per heavy atom. The number of hydrogen-bond donors (Lipinski definition) is 2. The molecule has 0 fully saturated rings. The summed E-state index contributed by atoms with van der Waals surface area (Å²) in [5.74, 6) is 0.939. The van der Waals surface area contributed by atoms with Crippen molar-refractivity contribution >= 4 is 28.8 Å². The third-order valence-corrected chi connectivity index (χ3v) is 6.55. The molecule has 5 aromatic heterocycles. The van der Waals surface area contributed by atoms with Crippen LogP contribution in [0.15, 0.2) is 47.4 Å². The van der Waals surface area contributed by atoms with E-state index in [4.69, 9.17) is 4.42 Å². The van der Waals surface area contributed by atoms with E-state index in [-0.39, 0.29) is 18.3 Å². The van der Waals surface area contributed by atoms with E-state index in [0.717, 1.165) is 35.5 Å². The number of fused-ring (bicyclic) bond motifs is 2. The number of pyridine rings is 2. The average Bonchev–Trinajstić information content (AvgIpc) is 3.62. The summed E-state index contributed by atoms with van der Waals surface area (Å²) in [4.78, 5) is 36.6. The minimum atomic E-state index is -0.448. The molecule has 0 spiro atoms. The first-order valence-corrected chi connectivity index (χ1v) is 12.4. The van der Waals surface area contributed by atoms with Crippen LogP contribution in [0.25, 0.3) is 16.8 Å². The van der Waals surface area contributed by atoms with Crippen molar-refractivity contribution in [2.75, 3.05) is 23.7 Å². The Hall–Kier alpha value is -4.91. The Morgan fingerprint density at radius 3 is 2.79 bits per heavy atom. The molecule has 0 saturated heterocycles. The molecule has 0 aliphatic carbocycles. The van der Waals surface area contributed by atoms with Gasteiger partial charge in [0.05, 0.1) is 48.2 Å². The number of rotatable bonds is 6. The standard InChI is InChI=1S/C26H26N10O3/c1-15-21(9-19(11-27-15)30-24(37)14-35-6-5-20-22(13-35)39-16(2)29-20)31-26(38)25-33-32-23-8-17(4-7-36(23)25)18-10-28-34(3)12-18/h4,7-12H,5-6,13-14H2,1-3H3,(H,30,37)(H,31,38). The number of aromatic nitrogens is 7. The van der Waals surface area contributed by atoms with Crippen LogP contribution in [0, 0.1) is 13.8 Å². The van der Waals surface area contributed by atoms with Gasteiger partial charge in [-0.1, -0.05) is 0 Å². The Bertz CT molecular complexity index is 1720. The predicted octanol–water partition coefficient (Wildman–Crippen LogP) is 2.38. The maximum Gasteiger partial charge on any atom is 0.294 e. The monoisotopic (exact) mass is 526 g/mol. The molecule has 0 atom stereocenters. The molecule has 1 aliphatic rings. The third-order valence-electron chi connectivity index (χ3n) is 6.55. The van der Waals surface area contributed by atoms with Crippen molar-refractivity contribution in [1.82, 2.24) is 39.2 Å². The molecular weight excluding hydrogens is 500 g/mol. The molecule has 198 valence electrons. The van der Waals surface area contributed by atoms with E-state index in [1.165, 1.54) is 0 Å². The third kappa shape index (κ3) is 4.99. The first-order valence-electron chi connectivity index (χ1n) is 12.4. The van der Waals surface area contributed by atoms with Crippen LogP contribution in [0.1, 0.15) is 33.7 Å². The van der Waals surface area contributed by atoms with Gasteiger partial charge in [0.15, 0.2) is 11.5 Å². The molecule has 0 unspecified atom stereocenters. The van der Waals surface area contributed by atoms with Crippen molar-refractivity contribution < 1.29 is 14.0 Å². The summed E-state index contributed by atoms with van der Waals surface area (Å²) in [7, 11) is 1.85. The summed E-state index contributed by atoms with van der Waals surface area (Å²) in [5.41, 5.74) is 4.87. The summed E-state index contributed by atoms with van der Waals surface area (Å²) in [5, 5.41) is 18.2. The van der Waals surface area contributed by atoms with Gasteiger partial charge in [-0.05, 0) is 30.7 Å². The molecule has 0 radical (unpaired) electrons. The topological polar surface area (TPSA) is 148 Å². The van der Waals surface area contributed by atoms with E-state index in [1.54, 1.807) is 40.7 Å². The normalized spacial score (nSPS) is 13.4. The van der Waals surface area contributed by atoms with Crippen LogP contribution in [0.5, 0.6) is 0 Å². The molecule has 2 amide bonds. The molecule has 5 aromatic rings. The highest BCUT2D eigenvalue weighted by atomic mass is 16.4. The first kappa shape index (κ1) is 24.4. The maximum atomic E-state index is 13.1. The summed E-state index contributed by atoms with van der Waals surface area (Å²) >= 11 is 0. The summed E-state index contributed by atoms with van der Waals surface area (Å²) in [6.45, 7) is 5.04. The number of oxazole rings is 1. The lowest BCUT2D eigenvalue weighted by molar-refractivity contribution is -0.117. The zero-order chi connectivity index (χ0) is 27.1. The summed E-state index contributed by atoms with van der Waals surface area (Å²) in [6.07, 6.45) is 7.71. The lowest BCUT2D eigenvalue weighted by Gasteiger charge is -2.24. The van der Waals surface area contributed by atoms with Crippen molar-refractivity contribution in [3.63, 3.8) is 0 Å². The largest absolute Gasteiger partial charge is 0.444 e. The van der Waals surface area contributed by atoms with E-state index in [2.05, 4.69) is 35.9 Å². The van der Waals surface area contributed by atoms with E-state index in [1.807, 2.05) is 37.2 Å². The lowest BCUT2D eigenvalue weighted by atomic mass is 10.1. The van der Waals surface area contributed by atoms with Crippen molar-refractivity contribution in [1.29, 1.82) is 0 Å². The summed E-state index contributed by atoms with van der Waals surface area (Å²) in [6, 6.07) is 5.40. The number of nitrogens with one attached hydrogen (secondary N) is 2. The molecular formula is C26H26N10O3. The molecule has 13 heteroatoms. The molecule has 39 heavy (non-hydrogen) atoms. The van der Waals surface area contributed by atoms with Crippen LogP contribution in [0.2, 0.25) is 0 Å². The van der Waals surface area contributed by atoms with Gasteiger partial charge in [-0.15, -0.1) is 10.2 Å². The number of aryl methyl sites for hydroxylation is 3. The van der Waals surface area contributed by atoms with Gasteiger partial charge in [-0.25, -0.2) is 4.98 Å². The highest BCUT2D eigenvalue weighted by Crippen LogP contribution is 2.23. The Balaban J connectivity index is 1.13. The molecule has 2 N–H and O–H groups in total. The van der Waals surface area contributed by atoms with Gasteiger partial charge >= 0.3 is 0 Å². The van der Waals surface area contributed by atoms with Crippen LogP contribution in [-0.4, -0.2) is 64.2 Å². The first-order chi connectivity index (χ1) is 18.8. The highest BCUT2D eigenvalue weighted by Gasteiger charge is 2.23. The summed E-state index contributed by atoms with van der Waals surface area (Å²) < 4.78 is 8.97. The second kappa shape index (κ2) is 9.76. The molecule has 6 heterocycles. The van der Waals surface area contributed by atoms with Gasteiger partial charge in [-0.3, -0.25) is 28.6 Å². The van der Waals surface area contributed by atoms with E-state index in [9.17, 15) is 9.59 Å². The smallest absolute Gasteiger partial charge is 0.294 e. The quantitative estimate of drug-likeness (QED) is 0.340. The highest BCUT2D eigenvalue weighted by molar-refractivity contribution is 6.03.